The molecule has 9 heteroatoms. The fourth-order valence-corrected chi connectivity index (χ4v) is 5.74. The number of hydrogen-bond acceptors (Lipinski definition) is 8. The highest BCUT2D eigenvalue weighted by Crippen LogP contribution is 2.41. The molecule has 3 aromatic rings. The Morgan fingerprint density at radius 3 is 2.39 bits per heavy atom. The Morgan fingerprint density at radius 1 is 1.06 bits per heavy atom. The SMILES string of the molecule is COc1ccc(S(=O)(=O)c2cnc3cc(OC)c(OC)cc3c2N2CCCC(CO)C2)cc1. The van der Waals surface area contributed by atoms with Crippen LogP contribution in [0.1, 0.15) is 12.8 Å². The third kappa shape index (κ3) is 4.30. The van der Waals surface area contributed by atoms with Crippen LogP contribution in [-0.2, 0) is 9.84 Å². The van der Waals surface area contributed by atoms with Crippen LogP contribution >= 0.6 is 0 Å². The van der Waals surface area contributed by atoms with Crippen molar-refractivity contribution in [1.29, 1.82) is 0 Å². The van der Waals surface area contributed by atoms with Gasteiger partial charge in [-0.3, -0.25) is 4.98 Å². The summed E-state index contributed by atoms with van der Waals surface area (Å²) in [5.74, 6) is 1.65. The van der Waals surface area contributed by atoms with Gasteiger partial charge in [-0.1, -0.05) is 0 Å². The molecular formula is C24H28N2O6S. The number of pyridine rings is 1. The zero-order valence-electron chi connectivity index (χ0n) is 18.9. The molecule has 0 radical (unpaired) electrons. The summed E-state index contributed by atoms with van der Waals surface area (Å²) in [6.45, 7) is 1.28. The lowest BCUT2D eigenvalue weighted by molar-refractivity contribution is 0.208. The fraction of sp³-hybridized carbons (Fsp3) is 0.375. The minimum absolute atomic E-state index is 0.0528. The molecule has 1 aliphatic heterocycles. The van der Waals surface area contributed by atoms with Crippen molar-refractivity contribution in [2.75, 3.05) is 45.9 Å². The summed E-state index contributed by atoms with van der Waals surface area (Å²) in [6, 6.07) is 9.82. The number of ether oxygens (including phenoxy) is 3. The number of rotatable bonds is 7. The van der Waals surface area contributed by atoms with E-state index in [0.717, 1.165) is 12.8 Å². The molecule has 4 rings (SSSR count). The maximum absolute atomic E-state index is 13.8. The van der Waals surface area contributed by atoms with Crippen molar-refractivity contribution in [2.24, 2.45) is 5.92 Å². The molecule has 1 atom stereocenters. The summed E-state index contributed by atoms with van der Waals surface area (Å²) >= 11 is 0. The van der Waals surface area contributed by atoms with E-state index in [4.69, 9.17) is 14.2 Å². The van der Waals surface area contributed by atoms with E-state index in [-0.39, 0.29) is 22.3 Å². The van der Waals surface area contributed by atoms with Gasteiger partial charge in [-0.2, -0.15) is 0 Å². The molecule has 1 unspecified atom stereocenters. The van der Waals surface area contributed by atoms with Crippen LogP contribution in [0.5, 0.6) is 17.2 Å². The molecule has 0 aliphatic carbocycles. The Hall–Kier alpha value is -3.04. The molecule has 1 N–H and O–H groups in total. The van der Waals surface area contributed by atoms with E-state index in [1.165, 1.54) is 32.5 Å². The second-order valence-corrected chi connectivity index (χ2v) is 9.93. The van der Waals surface area contributed by atoms with Gasteiger partial charge in [-0.25, -0.2) is 8.42 Å². The van der Waals surface area contributed by atoms with Gasteiger partial charge in [-0.15, -0.1) is 0 Å². The number of benzene rings is 2. The van der Waals surface area contributed by atoms with Crippen molar-refractivity contribution in [3.05, 3.63) is 42.6 Å². The van der Waals surface area contributed by atoms with Gasteiger partial charge in [0.1, 0.15) is 10.6 Å². The lowest BCUT2D eigenvalue weighted by Gasteiger charge is -2.35. The number of fused-ring (bicyclic) bond motifs is 1. The zero-order valence-corrected chi connectivity index (χ0v) is 19.8. The van der Waals surface area contributed by atoms with Gasteiger partial charge in [-0.05, 0) is 49.1 Å². The average molecular weight is 473 g/mol. The predicted molar refractivity (Wildman–Crippen MR) is 125 cm³/mol. The third-order valence-corrected chi connectivity index (χ3v) is 7.83. The summed E-state index contributed by atoms with van der Waals surface area (Å²) in [7, 11) is 0.727. The van der Waals surface area contributed by atoms with E-state index < -0.39 is 9.84 Å². The topological polar surface area (TPSA) is 98.2 Å². The number of nitrogens with zero attached hydrogens (tertiary/aromatic N) is 2. The Balaban J connectivity index is 1.96. The molecule has 2 aromatic carbocycles. The van der Waals surface area contributed by atoms with Crippen LogP contribution in [0.2, 0.25) is 0 Å². The van der Waals surface area contributed by atoms with E-state index in [1.807, 2.05) is 4.90 Å². The Bertz CT molecular complexity index is 1240. The number of aliphatic hydroxyl groups excluding tert-OH is 1. The molecule has 1 saturated heterocycles. The molecule has 8 nitrogen and oxygen atoms in total. The van der Waals surface area contributed by atoms with Crippen LogP contribution in [0, 0.1) is 5.92 Å². The lowest BCUT2D eigenvalue weighted by Crippen LogP contribution is -2.37. The molecule has 33 heavy (non-hydrogen) atoms. The Morgan fingerprint density at radius 2 is 1.76 bits per heavy atom. The summed E-state index contributed by atoms with van der Waals surface area (Å²) < 4.78 is 43.6. The van der Waals surface area contributed by atoms with Crippen molar-refractivity contribution in [1.82, 2.24) is 4.98 Å². The minimum Gasteiger partial charge on any atom is -0.497 e. The first kappa shape index (κ1) is 23.1. The normalized spacial score (nSPS) is 16.6. The van der Waals surface area contributed by atoms with E-state index in [9.17, 15) is 13.5 Å². The number of sulfone groups is 1. The van der Waals surface area contributed by atoms with Crippen LogP contribution in [0.25, 0.3) is 10.9 Å². The second kappa shape index (κ2) is 9.44. The summed E-state index contributed by atoms with van der Waals surface area (Å²) in [5.41, 5.74) is 1.16. The number of anilines is 1. The third-order valence-electron chi connectivity index (χ3n) is 6.06. The van der Waals surface area contributed by atoms with Gasteiger partial charge in [0.2, 0.25) is 9.84 Å². The van der Waals surface area contributed by atoms with E-state index >= 15 is 0 Å². The first-order valence-corrected chi connectivity index (χ1v) is 12.2. The first-order chi connectivity index (χ1) is 15.9. The van der Waals surface area contributed by atoms with Crippen LogP contribution in [-0.4, -0.2) is 59.5 Å². The molecule has 1 aliphatic rings. The minimum atomic E-state index is -3.89. The predicted octanol–water partition coefficient (Wildman–Crippen LogP) is 3.30. The van der Waals surface area contributed by atoms with Gasteiger partial charge in [0.05, 0.1) is 37.4 Å². The van der Waals surface area contributed by atoms with Gasteiger partial charge in [0.25, 0.3) is 0 Å². The molecule has 1 fully saturated rings. The van der Waals surface area contributed by atoms with E-state index in [1.54, 1.807) is 31.4 Å². The maximum atomic E-state index is 13.8. The highest BCUT2D eigenvalue weighted by molar-refractivity contribution is 7.91. The summed E-state index contributed by atoms with van der Waals surface area (Å²) in [5, 5.41) is 10.4. The van der Waals surface area contributed by atoms with Gasteiger partial charge in [0, 0.05) is 37.3 Å². The Kier molecular flexibility index (Phi) is 6.62. The van der Waals surface area contributed by atoms with E-state index in [2.05, 4.69) is 4.98 Å². The van der Waals surface area contributed by atoms with Crippen molar-refractivity contribution in [3.8, 4) is 17.2 Å². The quantitative estimate of drug-likeness (QED) is 0.559. The summed E-state index contributed by atoms with van der Waals surface area (Å²) in [6.07, 6.45) is 3.16. The van der Waals surface area contributed by atoms with Gasteiger partial charge >= 0.3 is 0 Å². The molecule has 0 bridgehead atoms. The van der Waals surface area contributed by atoms with Crippen LogP contribution in [0.4, 0.5) is 5.69 Å². The number of hydrogen-bond donors (Lipinski definition) is 1. The molecule has 0 saturated carbocycles. The van der Waals surface area contributed by atoms with Crippen LogP contribution in [0.3, 0.4) is 0 Å². The van der Waals surface area contributed by atoms with Crippen LogP contribution in [0.15, 0.2) is 52.4 Å². The largest absolute Gasteiger partial charge is 0.497 e. The standard InChI is InChI=1S/C24H28N2O6S/c1-30-17-6-8-18(9-7-17)33(28,29)23-13-25-20-12-22(32-3)21(31-2)11-19(20)24(23)26-10-4-5-16(14-26)15-27/h6-9,11-13,16,27H,4-5,10,14-15H2,1-3H3. The molecule has 2 heterocycles. The number of piperidine rings is 1. The van der Waals surface area contributed by atoms with Crippen LogP contribution < -0.4 is 19.1 Å². The molecule has 0 spiro atoms. The zero-order chi connectivity index (χ0) is 23.6. The van der Waals surface area contributed by atoms with Gasteiger partial charge in [0.15, 0.2) is 11.5 Å². The first-order valence-electron chi connectivity index (χ1n) is 10.7. The molecule has 1 aromatic heterocycles. The van der Waals surface area contributed by atoms with Crippen molar-refractivity contribution in [2.45, 2.75) is 22.6 Å². The average Bonchev–Trinajstić information content (AvgIpc) is 2.86. The highest BCUT2D eigenvalue weighted by Gasteiger charge is 2.30. The second-order valence-electron chi connectivity index (χ2n) is 8.01. The summed E-state index contributed by atoms with van der Waals surface area (Å²) in [4.78, 5) is 6.78. The Labute approximate surface area is 193 Å². The number of methoxy groups -OCH3 is 3. The fourth-order valence-electron chi connectivity index (χ4n) is 4.31. The van der Waals surface area contributed by atoms with Crippen molar-refractivity contribution in [3.63, 3.8) is 0 Å². The lowest BCUT2D eigenvalue weighted by atomic mass is 9.98. The van der Waals surface area contributed by atoms with Crippen molar-refractivity contribution < 1.29 is 27.7 Å². The molecular weight excluding hydrogens is 444 g/mol. The molecule has 0 amide bonds. The van der Waals surface area contributed by atoms with E-state index in [0.29, 0.717) is 46.9 Å². The monoisotopic (exact) mass is 472 g/mol. The smallest absolute Gasteiger partial charge is 0.210 e. The molecule has 176 valence electrons. The maximum Gasteiger partial charge on any atom is 0.210 e. The van der Waals surface area contributed by atoms with Gasteiger partial charge < -0.3 is 24.2 Å². The highest BCUT2D eigenvalue weighted by atomic mass is 32.2. The van der Waals surface area contributed by atoms with Crippen molar-refractivity contribution >= 4 is 26.4 Å². The number of aromatic nitrogens is 1. The number of aliphatic hydroxyl groups is 1.